The fourth-order valence-electron chi connectivity index (χ4n) is 2.96. The first-order valence-corrected chi connectivity index (χ1v) is 8.61. The summed E-state index contributed by atoms with van der Waals surface area (Å²) >= 11 is 0. The van der Waals surface area contributed by atoms with E-state index >= 15 is 0 Å². The second-order valence-corrected chi connectivity index (χ2v) is 6.27. The Hall–Kier alpha value is -1.64. The van der Waals surface area contributed by atoms with Crippen LogP contribution in [0.2, 0.25) is 0 Å². The maximum atomic E-state index is 13.1. The SMILES string of the molecule is CN=C(NCCc1ccc(F)cc1C)NCCc1c(C)nn(C)c1C.I. The molecule has 0 amide bonds. The Labute approximate surface area is 172 Å². The minimum atomic E-state index is -0.187. The summed E-state index contributed by atoms with van der Waals surface area (Å²) in [7, 11) is 3.73. The molecule has 0 radical (unpaired) electrons. The molecule has 144 valence electrons. The zero-order chi connectivity index (χ0) is 18.4. The van der Waals surface area contributed by atoms with Gasteiger partial charge in [-0.2, -0.15) is 5.10 Å². The van der Waals surface area contributed by atoms with Crippen molar-refractivity contribution >= 4 is 29.9 Å². The molecule has 0 saturated carbocycles. The van der Waals surface area contributed by atoms with Crippen molar-refractivity contribution in [1.29, 1.82) is 0 Å². The third-order valence-corrected chi connectivity index (χ3v) is 4.54. The van der Waals surface area contributed by atoms with Gasteiger partial charge >= 0.3 is 0 Å². The Balaban J connectivity index is 0.00000338. The van der Waals surface area contributed by atoms with Crippen LogP contribution in [-0.4, -0.2) is 35.9 Å². The molecule has 2 rings (SSSR count). The highest BCUT2D eigenvalue weighted by atomic mass is 127. The van der Waals surface area contributed by atoms with E-state index in [2.05, 4.69) is 27.6 Å². The molecule has 1 aromatic carbocycles. The molecule has 1 heterocycles. The van der Waals surface area contributed by atoms with Gasteiger partial charge in [0.15, 0.2) is 5.96 Å². The minimum Gasteiger partial charge on any atom is -0.356 e. The summed E-state index contributed by atoms with van der Waals surface area (Å²) in [5.41, 5.74) is 5.69. The molecule has 2 aromatic rings. The zero-order valence-corrected chi connectivity index (χ0v) is 18.5. The normalized spacial score (nSPS) is 11.2. The number of guanidine groups is 1. The summed E-state index contributed by atoms with van der Waals surface area (Å²) in [6.45, 7) is 7.61. The molecule has 0 spiro atoms. The number of hydrogen-bond acceptors (Lipinski definition) is 2. The van der Waals surface area contributed by atoms with E-state index < -0.39 is 0 Å². The maximum Gasteiger partial charge on any atom is 0.190 e. The van der Waals surface area contributed by atoms with E-state index in [1.54, 1.807) is 13.1 Å². The molecular weight excluding hydrogens is 444 g/mol. The molecule has 1 aromatic heterocycles. The van der Waals surface area contributed by atoms with Crippen LogP contribution < -0.4 is 10.6 Å². The van der Waals surface area contributed by atoms with Gasteiger partial charge in [-0.25, -0.2) is 4.39 Å². The van der Waals surface area contributed by atoms with Gasteiger partial charge < -0.3 is 10.6 Å². The number of benzene rings is 1. The number of hydrogen-bond donors (Lipinski definition) is 2. The summed E-state index contributed by atoms with van der Waals surface area (Å²) in [4.78, 5) is 4.25. The molecule has 5 nitrogen and oxygen atoms in total. The van der Waals surface area contributed by atoms with E-state index in [9.17, 15) is 4.39 Å². The quantitative estimate of drug-likeness (QED) is 0.386. The summed E-state index contributed by atoms with van der Waals surface area (Å²) in [5, 5.41) is 11.1. The Kier molecular flexibility index (Phi) is 9.04. The van der Waals surface area contributed by atoms with E-state index in [0.29, 0.717) is 0 Å². The van der Waals surface area contributed by atoms with Crippen molar-refractivity contribution in [3.8, 4) is 0 Å². The lowest BCUT2D eigenvalue weighted by Gasteiger charge is -2.13. The fourth-order valence-corrected chi connectivity index (χ4v) is 2.96. The van der Waals surface area contributed by atoms with E-state index in [4.69, 9.17) is 0 Å². The Morgan fingerprint density at radius 2 is 1.81 bits per heavy atom. The average Bonchev–Trinajstić information content (AvgIpc) is 2.81. The first-order valence-electron chi connectivity index (χ1n) is 8.61. The van der Waals surface area contributed by atoms with E-state index in [0.717, 1.165) is 48.7 Å². The highest BCUT2D eigenvalue weighted by Gasteiger charge is 2.09. The molecular formula is C19H29FIN5. The molecule has 2 N–H and O–H groups in total. The first-order chi connectivity index (χ1) is 11.9. The van der Waals surface area contributed by atoms with Gasteiger partial charge in [0, 0.05) is 32.9 Å². The monoisotopic (exact) mass is 473 g/mol. The highest BCUT2D eigenvalue weighted by molar-refractivity contribution is 14.0. The van der Waals surface area contributed by atoms with Crippen LogP contribution in [0.5, 0.6) is 0 Å². The second-order valence-electron chi connectivity index (χ2n) is 6.27. The van der Waals surface area contributed by atoms with Gasteiger partial charge in [-0.15, -0.1) is 24.0 Å². The molecule has 0 saturated heterocycles. The predicted octanol–water partition coefficient (Wildman–Crippen LogP) is 3.05. The fraction of sp³-hybridized carbons (Fsp3) is 0.474. The lowest BCUT2D eigenvalue weighted by Crippen LogP contribution is -2.39. The van der Waals surface area contributed by atoms with Gasteiger partial charge in [-0.05, 0) is 62.4 Å². The standard InChI is InChI=1S/C19H28FN5.HI/c1-13-12-17(20)7-6-16(13)8-10-22-19(21-4)23-11-9-18-14(2)24-25(5)15(18)3;/h6-7,12H,8-11H2,1-5H3,(H2,21,22,23);1H. The van der Waals surface area contributed by atoms with Crippen molar-refractivity contribution in [2.45, 2.75) is 33.6 Å². The van der Waals surface area contributed by atoms with Crippen LogP contribution >= 0.6 is 24.0 Å². The largest absolute Gasteiger partial charge is 0.356 e. The number of aliphatic imine (C=N–C) groups is 1. The van der Waals surface area contributed by atoms with Crippen molar-refractivity contribution in [1.82, 2.24) is 20.4 Å². The number of nitrogens with zero attached hydrogens (tertiary/aromatic N) is 3. The third kappa shape index (κ3) is 5.96. The van der Waals surface area contributed by atoms with Crippen molar-refractivity contribution in [3.05, 3.63) is 52.1 Å². The maximum absolute atomic E-state index is 13.1. The number of halogens is 2. The second kappa shape index (κ2) is 10.5. The van der Waals surface area contributed by atoms with Crippen molar-refractivity contribution in [2.75, 3.05) is 20.1 Å². The average molecular weight is 473 g/mol. The molecule has 0 fully saturated rings. The number of aryl methyl sites for hydroxylation is 3. The molecule has 7 heteroatoms. The lowest BCUT2D eigenvalue weighted by molar-refractivity contribution is 0.625. The molecule has 0 bridgehead atoms. The number of rotatable bonds is 6. The van der Waals surface area contributed by atoms with Crippen LogP contribution in [0, 0.1) is 26.6 Å². The van der Waals surface area contributed by atoms with Gasteiger partial charge in [0.25, 0.3) is 0 Å². The van der Waals surface area contributed by atoms with Crippen LogP contribution in [-0.2, 0) is 19.9 Å². The van der Waals surface area contributed by atoms with Crippen LogP contribution in [0.25, 0.3) is 0 Å². The zero-order valence-electron chi connectivity index (χ0n) is 16.2. The smallest absolute Gasteiger partial charge is 0.190 e. The predicted molar refractivity (Wildman–Crippen MR) is 116 cm³/mol. The van der Waals surface area contributed by atoms with Gasteiger partial charge in [0.2, 0.25) is 0 Å². The third-order valence-electron chi connectivity index (χ3n) is 4.54. The van der Waals surface area contributed by atoms with Gasteiger partial charge in [0.1, 0.15) is 5.82 Å². The molecule has 0 atom stereocenters. The minimum absolute atomic E-state index is 0. The van der Waals surface area contributed by atoms with Crippen molar-refractivity contribution in [3.63, 3.8) is 0 Å². The number of aromatic nitrogens is 2. The summed E-state index contributed by atoms with van der Waals surface area (Å²) in [5.74, 6) is 0.589. The first kappa shape index (κ1) is 22.4. The Morgan fingerprint density at radius 3 is 2.35 bits per heavy atom. The summed E-state index contributed by atoms with van der Waals surface area (Å²) < 4.78 is 15.1. The molecule has 0 aliphatic heterocycles. The van der Waals surface area contributed by atoms with Crippen LogP contribution in [0.4, 0.5) is 4.39 Å². The number of nitrogens with one attached hydrogen (secondary N) is 2. The molecule has 26 heavy (non-hydrogen) atoms. The van der Waals surface area contributed by atoms with Crippen LogP contribution in [0.15, 0.2) is 23.2 Å². The van der Waals surface area contributed by atoms with Crippen molar-refractivity contribution < 1.29 is 4.39 Å². The van der Waals surface area contributed by atoms with Crippen molar-refractivity contribution in [2.24, 2.45) is 12.0 Å². The molecule has 0 unspecified atom stereocenters. The van der Waals surface area contributed by atoms with Crippen LogP contribution in [0.1, 0.15) is 28.1 Å². The van der Waals surface area contributed by atoms with Gasteiger partial charge in [-0.1, -0.05) is 6.07 Å². The van der Waals surface area contributed by atoms with E-state index in [-0.39, 0.29) is 29.8 Å². The molecule has 0 aliphatic carbocycles. The Bertz CT molecular complexity index is 755. The van der Waals surface area contributed by atoms with Gasteiger partial charge in [-0.3, -0.25) is 9.67 Å². The highest BCUT2D eigenvalue weighted by Crippen LogP contribution is 2.12. The molecule has 0 aliphatic rings. The summed E-state index contributed by atoms with van der Waals surface area (Å²) in [6, 6.07) is 4.92. The summed E-state index contributed by atoms with van der Waals surface area (Å²) in [6.07, 6.45) is 1.73. The van der Waals surface area contributed by atoms with E-state index in [1.165, 1.54) is 17.3 Å². The van der Waals surface area contributed by atoms with Gasteiger partial charge in [0.05, 0.1) is 5.69 Å². The Morgan fingerprint density at radius 1 is 1.15 bits per heavy atom. The lowest BCUT2D eigenvalue weighted by atomic mass is 10.1. The van der Waals surface area contributed by atoms with E-state index in [1.807, 2.05) is 31.6 Å². The topological polar surface area (TPSA) is 54.2 Å². The van der Waals surface area contributed by atoms with Crippen LogP contribution in [0.3, 0.4) is 0 Å².